The van der Waals surface area contributed by atoms with Crippen LogP contribution in [0.2, 0.25) is 0 Å². The Balaban J connectivity index is 1.33. The molecule has 0 N–H and O–H groups in total. The minimum absolute atomic E-state index is 0.185. The molecule has 0 spiro atoms. The molecule has 4 rings (SSSR count). The van der Waals surface area contributed by atoms with Gasteiger partial charge in [0.1, 0.15) is 5.76 Å². The number of amides is 2. The van der Waals surface area contributed by atoms with Crippen LogP contribution >= 0.6 is 0 Å². The largest absolute Gasteiger partial charge is 0.469 e. The Kier molecular flexibility index (Phi) is 3.43. The standard InChI is InChI=1S/C17H22N2O3/c20-16(6-5-14-2-1-9-22-14)18-10-13-7-8-19(15(13)11-18)17(21)12-3-4-12/h1-2,9,12-13,15H,3-8,10-11H2/t13-,15+/m1/s1. The number of furan rings is 1. The fourth-order valence-corrected chi connectivity index (χ4v) is 3.85. The van der Waals surface area contributed by atoms with Crippen molar-refractivity contribution in [1.29, 1.82) is 0 Å². The SMILES string of the molecule is O=C(CCc1ccco1)N1C[C@H]2CCN(C(=O)C3CC3)[C@H]2C1. The van der Waals surface area contributed by atoms with E-state index in [1.54, 1.807) is 6.26 Å². The quantitative estimate of drug-likeness (QED) is 0.850. The molecule has 1 aromatic rings. The van der Waals surface area contributed by atoms with E-state index in [-0.39, 0.29) is 17.9 Å². The van der Waals surface area contributed by atoms with Gasteiger partial charge in [-0.1, -0.05) is 0 Å². The zero-order chi connectivity index (χ0) is 15.1. The Morgan fingerprint density at radius 2 is 2.09 bits per heavy atom. The number of carbonyl (C=O) groups is 2. The summed E-state index contributed by atoms with van der Waals surface area (Å²) in [5, 5.41) is 0. The van der Waals surface area contributed by atoms with Crippen molar-refractivity contribution in [3.8, 4) is 0 Å². The zero-order valence-corrected chi connectivity index (χ0v) is 12.7. The van der Waals surface area contributed by atoms with Crippen molar-refractivity contribution in [3.63, 3.8) is 0 Å². The van der Waals surface area contributed by atoms with E-state index in [0.29, 0.717) is 24.7 Å². The van der Waals surface area contributed by atoms with Gasteiger partial charge in [-0.05, 0) is 31.4 Å². The van der Waals surface area contributed by atoms with E-state index in [2.05, 4.69) is 4.90 Å². The Hall–Kier alpha value is -1.78. The molecular weight excluding hydrogens is 280 g/mol. The Labute approximate surface area is 130 Å². The van der Waals surface area contributed by atoms with Gasteiger partial charge in [0.25, 0.3) is 0 Å². The highest BCUT2D eigenvalue weighted by molar-refractivity contribution is 5.82. The fraction of sp³-hybridized carbons (Fsp3) is 0.647. The molecule has 2 aliphatic heterocycles. The average Bonchev–Trinajstić information content (AvgIpc) is 2.93. The highest BCUT2D eigenvalue weighted by Gasteiger charge is 2.47. The van der Waals surface area contributed by atoms with Gasteiger partial charge in [-0.25, -0.2) is 0 Å². The second kappa shape index (κ2) is 5.45. The molecule has 3 fully saturated rings. The summed E-state index contributed by atoms with van der Waals surface area (Å²) in [7, 11) is 0. The van der Waals surface area contributed by atoms with Crippen molar-refractivity contribution < 1.29 is 14.0 Å². The van der Waals surface area contributed by atoms with Crippen molar-refractivity contribution >= 4 is 11.8 Å². The number of likely N-dealkylation sites (tertiary alicyclic amines) is 2. The van der Waals surface area contributed by atoms with Crippen LogP contribution in [0.3, 0.4) is 0 Å². The third-order valence-corrected chi connectivity index (χ3v) is 5.28. The lowest BCUT2D eigenvalue weighted by molar-refractivity contribution is -0.135. The van der Waals surface area contributed by atoms with Gasteiger partial charge in [-0.15, -0.1) is 0 Å². The molecule has 1 saturated carbocycles. The van der Waals surface area contributed by atoms with Crippen LogP contribution in [0.15, 0.2) is 22.8 Å². The Bertz CT molecular complexity index is 564. The Morgan fingerprint density at radius 1 is 1.23 bits per heavy atom. The molecular formula is C17H22N2O3. The number of aryl methyl sites for hydroxylation is 1. The summed E-state index contributed by atoms with van der Waals surface area (Å²) < 4.78 is 5.28. The molecule has 1 aromatic heterocycles. The van der Waals surface area contributed by atoms with Gasteiger partial charge in [0.05, 0.1) is 12.3 Å². The van der Waals surface area contributed by atoms with Gasteiger partial charge in [0.15, 0.2) is 0 Å². The molecule has 0 bridgehead atoms. The van der Waals surface area contributed by atoms with E-state index in [0.717, 1.165) is 44.7 Å². The molecule has 5 heteroatoms. The van der Waals surface area contributed by atoms with E-state index in [9.17, 15) is 9.59 Å². The molecule has 2 saturated heterocycles. The molecule has 22 heavy (non-hydrogen) atoms. The second-order valence-corrected chi connectivity index (χ2v) is 6.80. The molecule has 0 aromatic carbocycles. The number of hydrogen-bond donors (Lipinski definition) is 0. The fourth-order valence-electron chi connectivity index (χ4n) is 3.85. The zero-order valence-electron chi connectivity index (χ0n) is 12.7. The highest BCUT2D eigenvalue weighted by Crippen LogP contribution is 2.37. The van der Waals surface area contributed by atoms with Crippen LogP contribution in [-0.2, 0) is 16.0 Å². The summed E-state index contributed by atoms with van der Waals surface area (Å²) in [5.41, 5.74) is 0. The maximum absolute atomic E-state index is 12.4. The van der Waals surface area contributed by atoms with Crippen LogP contribution in [0.5, 0.6) is 0 Å². The minimum Gasteiger partial charge on any atom is -0.469 e. The summed E-state index contributed by atoms with van der Waals surface area (Å²) in [6.45, 7) is 2.43. The first kappa shape index (κ1) is 13.9. The molecule has 0 unspecified atom stereocenters. The molecule has 3 aliphatic rings. The van der Waals surface area contributed by atoms with E-state index >= 15 is 0 Å². The lowest BCUT2D eigenvalue weighted by Gasteiger charge is -2.25. The van der Waals surface area contributed by atoms with Crippen molar-refractivity contribution in [2.45, 2.75) is 38.1 Å². The van der Waals surface area contributed by atoms with Gasteiger partial charge >= 0.3 is 0 Å². The van der Waals surface area contributed by atoms with Crippen LogP contribution < -0.4 is 0 Å². The first-order valence-electron chi connectivity index (χ1n) is 8.33. The van der Waals surface area contributed by atoms with E-state index in [4.69, 9.17) is 4.42 Å². The number of nitrogens with zero attached hydrogens (tertiary/aromatic N) is 2. The van der Waals surface area contributed by atoms with Crippen LogP contribution in [0.25, 0.3) is 0 Å². The lowest BCUT2D eigenvalue weighted by atomic mass is 10.1. The molecule has 5 nitrogen and oxygen atoms in total. The second-order valence-electron chi connectivity index (χ2n) is 6.80. The third kappa shape index (κ3) is 2.53. The third-order valence-electron chi connectivity index (χ3n) is 5.28. The van der Waals surface area contributed by atoms with E-state index < -0.39 is 0 Å². The number of rotatable bonds is 4. The summed E-state index contributed by atoms with van der Waals surface area (Å²) in [6.07, 6.45) is 5.94. The van der Waals surface area contributed by atoms with E-state index in [1.165, 1.54) is 0 Å². The normalized spacial score (nSPS) is 27.3. The van der Waals surface area contributed by atoms with Gasteiger partial charge < -0.3 is 14.2 Å². The predicted octanol–water partition coefficient (Wildman–Crippen LogP) is 1.68. The van der Waals surface area contributed by atoms with Crippen LogP contribution in [-0.4, -0.2) is 47.3 Å². The van der Waals surface area contributed by atoms with Crippen LogP contribution in [0.1, 0.15) is 31.4 Å². The number of fused-ring (bicyclic) bond motifs is 1. The topological polar surface area (TPSA) is 53.8 Å². The van der Waals surface area contributed by atoms with Crippen LogP contribution in [0.4, 0.5) is 0 Å². The molecule has 1 aliphatic carbocycles. The van der Waals surface area contributed by atoms with Crippen molar-refractivity contribution in [2.24, 2.45) is 11.8 Å². The van der Waals surface area contributed by atoms with Gasteiger partial charge in [-0.3, -0.25) is 9.59 Å². The number of carbonyl (C=O) groups excluding carboxylic acids is 2. The maximum atomic E-state index is 12.4. The van der Waals surface area contributed by atoms with E-state index in [1.807, 2.05) is 17.0 Å². The summed E-state index contributed by atoms with van der Waals surface area (Å²) in [4.78, 5) is 28.7. The summed E-state index contributed by atoms with van der Waals surface area (Å²) in [6, 6.07) is 4.02. The summed E-state index contributed by atoms with van der Waals surface area (Å²) in [5.74, 6) is 2.14. The number of hydrogen-bond acceptors (Lipinski definition) is 3. The predicted molar refractivity (Wildman–Crippen MR) is 79.9 cm³/mol. The smallest absolute Gasteiger partial charge is 0.226 e. The maximum Gasteiger partial charge on any atom is 0.226 e. The molecule has 0 radical (unpaired) electrons. The van der Waals surface area contributed by atoms with Crippen LogP contribution in [0, 0.1) is 11.8 Å². The molecule has 2 atom stereocenters. The monoisotopic (exact) mass is 302 g/mol. The van der Waals surface area contributed by atoms with Gasteiger partial charge in [0, 0.05) is 44.3 Å². The molecule has 3 heterocycles. The minimum atomic E-state index is 0.185. The lowest BCUT2D eigenvalue weighted by Crippen LogP contribution is -2.41. The first-order chi connectivity index (χ1) is 10.7. The Morgan fingerprint density at radius 3 is 2.82 bits per heavy atom. The summed E-state index contributed by atoms with van der Waals surface area (Å²) >= 11 is 0. The average molecular weight is 302 g/mol. The van der Waals surface area contributed by atoms with Crippen molar-refractivity contribution in [2.75, 3.05) is 19.6 Å². The highest BCUT2D eigenvalue weighted by atomic mass is 16.3. The molecule has 2 amide bonds. The van der Waals surface area contributed by atoms with Crippen molar-refractivity contribution in [3.05, 3.63) is 24.2 Å². The van der Waals surface area contributed by atoms with Crippen molar-refractivity contribution in [1.82, 2.24) is 9.80 Å². The first-order valence-corrected chi connectivity index (χ1v) is 8.33. The van der Waals surface area contributed by atoms with Gasteiger partial charge in [0.2, 0.25) is 11.8 Å². The van der Waals surface area contributed by atoms with Gasteiger partial charge in [-0.2, -0.15) is 0 Å². The molecule has 118 valence electrons.